The van der Waals surface area contributed by atoms with Crippen LogP contribution in [0.25, 0.3) is 0 Å². The maximum absolute atomic E-state index is 12.3. The molecule has 0 aliphatic carbocycles. The van der Waals surface area contributed by atoms with Crippen molar-refractivity contribution in [1.29, 1.82) is 0 Å². The zero-order chi connectivity index (χ0) is 14.5. The van der Waals surface area contributed by atoms with Gasteiger partial charge in [-0.25, -0.2) is 4.98 Å². The first kappa shape index (κ1) is 15.0. The third-order valence-corrected chi connectivity index (χ3v) is 3.81. The molecule has 5 nitrogen and oxygen atoms in total. The predicted octanol–water partition coefficient (Wildman–Crippen LogP) is 2.13. The summed E-state index contributed by atoms with van der Waals surface area (Å²) in [6.07, 6.45) is 5.54. The Morgan fingerprint density at radius 1 is 1.40 bits per heavy atom. The van der Waals surface area contributed by atoms with Crippen LogP contribution in [0.15, 0.2) is 17.2 Å². The highest BCUT2D eigenvalue weighted by molar-refractivity contribution is 5.32. The molecule has 1 aromatic rings. The van der Waals surface area contributed by atoms with Crippen LogP contribution in [0, 0.1) is 11.8 Å². The number of nitrogens with one attached hydrogen (secondary N) is 1. The Labute approximate surface area is 120 Å². The fourth-order valence-electron chi connectivity index (χ4n) is 2.63. The lowest BCUT2D eigenvalue weighted by molar-refractivity contribution is 0.0622. The first-order valence-corrected chi connectivity index (χ1v) is 7.47. The zero-order valence-corrected chi connectivity index (χ0v) is 12.6. The van der Waals surface area contributed by atoms with E-state index in [1.54, 1.807) is 17.0 Å². The monoisotopic (exact) mass is 279 g/mol. The molecule has 20 heavy (non-hydrogen) atoms. The first-order valence-electron chi connectivity index (χ1n) is 7.47. The topological polar surface area (TPSA) is 56.1 Å². The fraction of sp³-hybridized carbons (Fsp3) is 0.733. The maximum atomic E-state index is 12.3. The summed E-state index contributed by atoms with van der Waals surface area (Å²) in [6, 6.07) is 0.244. The molecule has 2 rings (SSSR count). The van der Waals surface area contributed by atoms with Gasteiger partial charge in [-0.2, -0.15) is 0 Å². The van der Waals surface area contributed by atoms with Crippen molar-refractivity contribution in [2.45, 2.75) is 46.2 Å². The van der Waals surface area contributed by atoms with Crippen molar-refractivity contribution in [2.24, 2.45) is 11.8 Å². The zero-order valence-electron chi connectivity index (χ0n) is 12.6. The Morgan fingerprint density at radius 2 is 2.10 bits per heavy atom. The van der Waals surface area contributed by atoms with Gasteiger partial charge in [-0.05, 0) is 31.6 Å². The smallest absolute Gasteiger partial charge is 0.293 e. The van der Waals surface area contributed by atoms with Crippen molar-refractivity contribution in [3.8, 4) is 0 Å². The van der Waals surface area contributed by atoms with Gasteiger partial charge in [-0.3, -0.25) is 4.79 Å². The Kier molecular flexibility index (Phi) is 5.17. The van der Waals surface area contributed by atoms with Crippen molar-refractivity contribution in [3.05, 3.63) is 22.7 Å². The number of nitrogens with zero attached hydrogens (tertiary/aromatic N) is 2. The van der Waals surface area contributed by atoms with Gasteiger partial charge >= 0.3 is 0 Å². The second-order valence-corrected chi connectivity index (χ2v) is 6.01. The Bertz CT molecular complexity index is 478. The molecule has 5 heteroatoms. The minimum Gasteiger partial charge on any atom is -0.381 e. The summed E-state index contributed by atoms with van der Waals surface area (Å²) in [5, 5.41) is 3.29. The molecule has 1 N–H and O–H groups in total. The summed E-state index contributed by atoms with van der Waals surface area (Å²) in [5.41, 5.74) is -0.0277. The van der Waals surface area contributed by atoms with E-state index < -0.39 is 0 Å². The van der Waals surface area contributed by atoms with E-state index in [-0.39, 0.29) is 11.6 Å². The van der Waals surface area contributed by atoms with Crippen molar-refractivity contribution in [1.82, 2.24) is 9.55 Å². The van der Waals surface area contributed by atoms with E-state index in [2.05, 4.69) is 31.1 Å². The summed E-state index contributed by atoms with van der Waals surface area (Å²) < 4.78 is 7.11. The summed E-state index contributed by atoms with van der Waals surface area (Å²) in [7, 11) is 0. The van der Waals surface area contributed by atoms with Gasteiger partial charge in [0.25, 0.3) is 5.56 Å². The number of rotatable bonds is 5. The maximum Gasteiger partial charge on any atom is 0.293 e. The van der Waals surface area contributed by atoms with Crippen LogP contribution in [0.1, 0.15) is 33.6 Å². The number of anilines is 1. The highest BCUT2D eigenvalue weighted by Gasteiger charge is 2.21. The average molecular weight is 279 g/mol. The molecule has 1 saturated heterocycles. The molecule has 1 aliphatic heterocycles. The molecule has 0 saturated carbocycles. The largest absolute Gasteiger partial charge is 0.381 e. The highest BCUT2D eigenvalue weighted by atomic mass is 16.5. The third kappa shape index (κ3) is 3.82. The van der Waals surface area contributed by atoms with Gasteiger partial charge in [0, 0.05) is 38.2 Å². The van der Waals surface area contributed by atoms with Crippen LogP contribution in [0.4, 0.5) is 5.82 Å². The number of aromatic nitrogens is 2. The SMILES string of the molecule is CC(C)Cn1ccnc(NC(C)C2CCOCC2)c1=O. The van der Waals surface area contributed by atoms with Crippen LogP contribution in [0.3, 0.4) is 0 Å². The lowest BCUT2D eigenvalue weighted by atomic mass is 9.93. The molecule has 0 bridgehead atoms. The van der Waals surface area contributed by atoms with Crippen molar-refractivity contribution in [2.75, 3.05) is 18.5 Å². The summed E-state index contributed by atoms with van der Waals surface area (Å²) in [4.78, 5) is 16.5. The molecule has 1 unspecified atom stereocenters. The standard InChI is InChI=1S/C15H25N3O2/c1-11(2)10-18-7-6-16-14(15(18)19)17-12(3)13-4-8-20-9-5-13/h6-7,11-13H,4-5,8-10H2,1-3H3,(H,16,17). The lowest BCUT2D eigenvalue weighted by Crippen LogP contribution is -2.35. The van der Waals surface area contributed by atoms with E-state index in [0.717, 1.165) is 32.6 Å². The predicted molar refractivity (Wildman–Crippen MR) is 80.0 cm³/mol. The van der Waals surface area contributed by atoms with Crippen molar-refractivity contribution < 1.29 is 4.74 Å². The van der Waals surface area contributed by atoms with Crippen molar-refractivity contribution >= 4 is 5.82 Å². The summed E-state index contributed by atoms with van der Waals surface area (Å²) >= 11 is 0. The molecular weight excluding hydrogens is 254 g/mol. The van der Waals surface area contributed by atoms with Crippen LogP contribution in [0.5, 0.6) is 0 Å². The molecule has 1 aromatic heterocycles. The van der Waals surface area contributed by atoms with Gasteiger partial charge in [-0.1, -0.05) is 13.8 Å². The van der Waals surface area contributed by atoms with E-state index >= 15 is 0 Å². The minimum absolute atomic E-state index is 0.0277. The van der Waals surface area contributed by atoms with E-state index in [4.69, 9.17) is 4.74 Å². The van der Waals surface area contributed by atoms with E-state index in [9.17, 15) is 4.79 Å². The van der Waals surface area contributed by atoms with E-state index in [1.165, 1.54) is 0 Å². The second kappa shape index (κ2) is 6.88. The normalized spacial score (nSPS) is 18.2. The summed E-state index contributed by atoms with van der Waals surface area (Å²) in [5.74, 6) is 1.45. The third-order valence-electron chi connectivity index (χ3n) is 3.81. The molecule has 1 fully saturated rings. The lowest BCUT2D eigenvalue weighted by Gasteiger charge is -2.28. The first-order chi connectivity index (χ1) is 9.58. The van der Waals surface area contributed by atoms with Crippen LogP contribution in [0.2, 0.25) is 0 Å². The average Bonchev–Trinajstić information content (AvgIpc) is 2.43. The van der Waals surface area contributed by atoms with Crippen molar-refractivity contribution in [3.63, 3.8) is 0 Å². The van der Waals surface area contributed by atoms with E-state index in [0.29, 0.717) is 17.7 Å². The quantitative estimate of drug-likeness (QED) is 0.897. The number of ether oxygens (including phenoxy) is 1. The van der Waals surface area contributed by atoms with Crippen LogP contribution in [-0.4, -0.2) is 28.8 Å². The molecule has 1 atom stereocenters. The van der Waals surface area contributed by atoms with Crippen LogP contribution < -0.4 is 10.9 Å². The van der Waals surface area contributed by atoms with Gasteiger partial charge in [-0.15, -0.1) is 0 Å². The molecule has 0 spiro atoms. The van der Waals surface area contributed by atoms with Gasteiger partial charge in [0.05, 0.1) is 0 Å². The van der Waals surface area contributed by atoms with Gasteiger partial charge in [0.1, 0.15) is 0 Å². The Balaban J connectivity index is 2.06. The Hall–Kier alpha value is -1.36. The molecule has 0 radical (unpaired) electrons. The number of hydrogen-bond donors (Lipinski definition) is 1. The highest BCUT2D eigenvalue weighted by Crippen LogP contribution is 2.20. The van der Waals surface area contributed by atoms with E-state index in [1.807, 2.05) is 0 Å². The Morgan fingerprint density at radius 3 is 2.75 bits per heavy atom. The number of hydrogen-bond acceptors (Lipinski definition) is 4. The molecule has 0 aromatic carbocycles. The van der Waals surface area contributed by atoms with Crippen LogP contribution in [-0.2, 0) is 11.3 Å². The molecule has 1 aliphatic rings. The van der Waals surface area contributed by atoms with Gasteiger partial charge < -0.3 is 14.6 Å². The molecule has 0 amide bonds. The van der Waals surface area contributed by atoms with Crippen LogP contribution >= 0.6 is 0 Å². The summed E-state index contributed by atoms with van der Waals surface area (Å²) in [6.45, 7) is 8.68. The fourth-order valence-corrected chi connectivity index (χ4v) is 2.63. The molecular formula is C15H25N3O2. The van der Waals surface area contributed by atoms with Gasteiger partial charge in [0.15, 0.2) is 5.82 Å². The minimum atomic E-state index is -0.0277. The molecule has 112 valence electrons. The second-order valence-electron chi connectivity index (χ2n) is 6.01. The molecule has 2 heterocycles. The van der Waals surface area contributed by atoms with Gasteiger partial charge in [0.2, 0.25) is 0 Å².